The molecule has 0 fully saturated rings. The number of aliphatic hydroxyl groups is 1. The van der Waals surface area contributed by atoms with Gasteiger partial charge in [0.15, 0.2) is 0 Å². The van der Waals surface area contributed by atoms with Gasteiger partial charge in [0.1, 0.15) is 13.7 Å². The highest BCUT2D eigenvalue weighted by atomic mass is 19.1. The van der Waals surface area contributed by atoms with E-state index < -0.39 is 6.10 Å². The predicted molar refractivity (Wildman–Crippen MR) is 42.4 cm³/mol. The molecule has 1 aromatic carbocycles. The molecule has 1 N–H and O–H groups in total. The molecule has 0 aromatic heterocycles. The zero-order valence-corrected chi connectivity index (χ0v) is 6.21. The number of rotatable bonds is 1. The first-order chi connectivity index (χ1) is 5.11. The Hall–Kier alpha value is -0.825. The molecular formula is C8H8BFO. The molecule has 0 aliphatic rings. The smallest absolute Gasteiger partial charge is 0.123 e. The summed E-state index contributed by atoms with van der Waals surface area (Å²) in [7, 11) is 5.46. The van der Waals surface area contributed by atoms with Crippen LogP contribution in [-0.2, 0) is 0 Å². The minimum absolute atomic E-state index is 0.380. The Kier molecular flexibility index (Phi) is 2.30. The van der Waals surface area contributed by atoms with E-state index in [1.807, 2.05) is 0 Å². The van der Waals surface area contributed by atoms with Crippen LogP contribution in [0.3, 0.4) is 0 Å². The molecule has 0 aliphatic heterocycles. The van der Waals surface area contributed by atoms with Crippen LogP contribution in [-0.4, -0.2) is 13.0 Å². The molecule has 56 valence electrons. The van der Waals surface area contributed by atoms with Crippen molar-refractivity contribution in [2.24, 2.45) is 0 Å². The van der Waals surface area contributed by atoms with Crippen molar-refractivity contribution in [3.8, 4) is 0 Å². The van der Waals surface area contributed by atoms with Gasteiger partial charge in [-0.2, -0.15) is 0 Å². The standard InChI is InChI=1S/C8H8BFO/c1-5(11)7-4-6(10)2-3-8(7)9/h2-5,11H,1H3/t5-/m1/s1. The van der Waals surface area contributed by atoms with Crippen molar-refractivity contribution in [3.05, 3.63) is 29.6 Å². The fraction of sp³-hybridized carbons (Fsp3) is 0.250. The summed E-state index contributed by atoms with van der Waals surface area (Å²) >= 11 is 0. The Morgan fingerprint density at radius 3 is 2.64 bits per heavy atom. The average molecular weight is 150 g/mol. The molecule has 1 rings (SSSR count). The molecule has 0 spiro atoms. The number of aliphatic hydroxyl groups excluding tert-OH is 1. The van der Waals surface area contributed by atoms with Crippen LogP contribution in [0.25, 0.3) is 0 Å². The average Bonchev–Trinajstić information content (AvgIpc) is 1.94. The Bertz CT molecular complexity index is 260. The van der Waals surface area contributed by atoms with Crippen molar-refractivity contribution in [1.29, 1.82) is 0 Å². The number of halogens is 1. The Balaban J connectivity index is 3.13. The third-order valence-electron chi connectivity index (χ3n) is 1.50. The van der Waals surface area contributed by atoms with Crippen molar-refractivity contribution < 1.29 is 9.50 Å². The number of hydrogen-bond acceptors (Lipinski definition) is 1. The van der Waals surface area contributed by atoms with Gasteiger partial charge in [0, 0.05) is 0 Å². The predicted octanol–water partition coefficient (Wildman–Crippen LogP) is 0.673. The summed E-state index contributed by atoms with van der Waals surface area (Å²) in [6.45, 7) is 1.55. The van der Waals surface area contributed by atoms with E-state index in [0.29, 0.717) is 11.0 Å². The van der Waals surface area contributed by atoms with Crippen molar-refractivity contribution in [2.45, 2.75) is 13.0 Å². The maximum absolute atomic E-state index is 12.5. The van der Waals surface area contributed by atoms with E-state index in [2.05, 4.69) is 0 Å². The van der Waals surface area contributed by atoms with E-state index in [-0.39, 0.29) is 5.82 Å². The highest BCUT2D eigenvalue weighted by Crippen LogP contribution is 2.09. The molecule has 1 aromatic rings. The molecule has 0 amide bonds. The maximum atomic E-state index is 12.5. The van der Waals surface area contributed by atoms with Crippen molar-refractivity contribution in [3.63, 3.8) is 0 Å². The first kappa shape index (κ1) is 8.27. The summed E-state index contributed by atoms with van der Waals surface area (Å²) in [6.07, 6.45) is -0.717. The van der Waals surface area contributed by atoms with Crippen LogP contribution in [0.5, 0.6) is 0 Å². The fourth-order valence-electron chi connectivity index (χ4n) is 0.907. The second-order valence-corrected chi connectivity index (χ2v) is 2.45. The van der Waals surface area contributed by atoms with Crippen LogP contribution in [0.4, 0.5) is 4.39 Å². The largest absolute Gasteiger partial charge is 0.389 e. The van der Waals surface area contributed by atoms with Crippen molar-refractivity contribution >= 4 is 13.3 Å². The molecule has 0 saturated carbocycles. The van der Waals surface area contributed by atoms with Gasteiger partial charge < -0.3 is 5.11 Å². The maximum Gasteiger partial charge on any atom is 0.123 e. The summed E-state index contributed by atoms with van der Waals surface area (Å²) < 4.78 is 12.5. The van der Waals surface area contributed by atoms with Gasteiger partial charge in [0.2, 0.25) is 0 Å². The lowest BCUT2D eigenvalue weighted by atomic mass is 9.88. The van der Waals surface area contributed by atoms with Gasteiger partial charge in [-0.05, 0) is 24.6 Å². The van der Waals surface area contributed by atoms with E-state index in [4.69, 9.17) is 13.0 Å². The quantitative estimate of drug-likeness (QED) is 0.583. The van der Waals surface area contributed by atoms with E-state index in [1.165, 1.54) is 18.2 Å². The van der Waals surface area contributed by atoms with Crippen molar-refractivity contribution in [1.82, 2.24) is 0 Å². The molecule has 2 radical (unpaired) electrons. The van der Waals surface area contributed by atoms with Gasteiger partial charge in [-0.3, -0.25) is 0 Å². The van der Waals surface area contributed by atoms with Crippen LogP contribution in [0.2, 0.25) is 0 Å². The molecule has 1 atom stereocenters. The lowest BCUT2D eigenvalue weighted by Crippen LogP contribution is -2.12. The topological polar surface area (TPSA) is 20.2 Å². The fourth-order valence-corrected chi connectivity index (χ4v) is 0.907. The SMILES string of the molecule is [B]c1ccc(F)cc1[C@@H](C)O. The molecule has 0 aliphatic carbocycles. The minimum Gasteiger partial charge on any atom is -0.389 e. The second-order valence-electron chi connectivity index (χ2n) is 2.45. The summed E-state index contributed by atoms with van der Waals surface area (Å²) in [5.74, 6) is -0.380. The first-order valence-corrected chi connectivity index (χ1v) is 3.34. The monoisotopic (exact) mass is 150 g/mol. The van der Waals surface area contributed by atoms with Gasteiger partial charge in [-0.15, -0.1) is 0 Å². The van der Waals surface area contributed by atoms with Gasteiger partial charge in [0.25, 0.3) is 0 Å². The van der Waals surface area contributed by atoms with Gasteiger partial charge in [-0.25, -0.2) is 4.39 Å². The molecule has 0 saturated heterocycles. The third kappa shape index (κ3) is 1.81. The molecule has 0 bridgehead atoms. The Labute approximate surface area is 66.3 Å². The van der Waals surface area contributed by atoms with Crippen LogP contribution >= 0.6 is 0 Å². The Morgan fingerprint density at radius 2 is 2.18 bits per heavy atom. The van der Waals surface area contributed by atoms with Crippen LogP contribution in [0.1, 0.15) is 18.6 Å². The lowest BCUT2D eigenvalue weighted by Gasteiger charge is -2.08. The Morgan fingerprint density at radius 1 is 1.55 bits per heavy atom. The molecule has 11 heavy (non-hydrogen) atoms. The van der Waals surface area contributed by atoms with Crippen LogP contribution in [0, 0.1) is 5.82 Å². The molecule has 0 unspecified atom stereocenters. The number of benzene rings is 1. The normalized spacial score (nSPS) is 13.0. The zero-order valence-electron chi connectivity index (χ0n) is 6.21. The third-order valence-corrected chi connectivity index (χ3v) is 1.50. The first-order valence-electron chi connectivity index (χ1n) is 3.34. The molecule has 1 nitrogen and oxygen atoms in total. The summed E-state index contributed by atoms with van der Waals surface area (Å²) in [6, 6.07) is 3.94. The van der Waals surface area contributed by atoms with Gasteiger partial charge >= 0.3 is 0 Å². The summed E-state index contributed by atoms with van der Waals surface area (Å²) in [5.41, 5.74) is 0.853. The zero-order chi connectivity index (χ0) is 8.43. The van der Waals surface area contributed by atoms with Crippen LogP contribution in [0.15, 0.2) is 18.2 Å². The van der Waals surface area contributed by atoms with Crippen molar-refractivity contribution in [2.75, 3.05) is 0 Å². The number of hydrogen-bond donors (Lipinski definition) is 1. The van der Waals surface area contributed by atoms with E-state index in [9.17, 15) is 4.39 Å². The lowest BCUT2D eigenvalue weighted by molar-refractivity contribution is 0.200. The summed E-state index contributed by atoms with van der Waals surface area (Å²) in [5, 5.41) is 9.08. The van der Waals surface area contributed by atoms with Crippen LogP contribution < -0.4 is 5.46 Å². The highest BCUT2D eigenvalue weighted by molar-refractivity contribution is 6.33. The van der Waals surface area contributed by atoms with Gasteiger partial charge in [-0.1, -0.05) is 11.5 Å². The van der Waals surface area contributed by atoms with Gasteiger partial charge in [0.05, 0.1) is 6.10 Å². The minimum atomic E-state index is -0.717. The molecule has 3 heteroatoms. The molecule has 0 heterocycles. The van der Waals surface area contributed by atoms with E-state index in [0.717, 1.165) is 0 Å². The van der Waals surface area contributed by atoms with E-state index in [1.54, 1.807) is 6.92 Å². The highest BCUT2D eigenvalue weighted by Gasteiger charge is 2.04. The van der Waals surface area contributed by atoms with E-state index >= 15 is 0 Å². The molecular weight excluding hydrogens is 142 g/mol. The summed E-state index contributed by atoms with van der Waals surface area (Å²) in [4.78, 5) is 0. The second kappa shape index (κ2) is 3.05.